The fraction of sp³-hybridized carbons (Fsp3) is 0.467. The van der Waals surface area contributed by atoms with E-state index in [-0.39, 0.29) is 24.4 Å². The minimum atomic E-state index is -0.789. The van der Waals surface area contributed by atoms with E-state index >= 15 is 0 Å². The average molecular weight is 311 g/mol. The fourth-order valence-corrected chi connectivity index (χ4v) is 2.87. The minimum Gasteiger partial charge on any atom is -0.481 e. The number of carboxylic acids is 1. The number of amides is 1. The highest BCUT2D eigenvalue weighted by Crippen LogP contribution is 2.22. The van der Waals surface area contributed by atoms with E-state index in [0.29, 0.717) is 24.5 Å². The van der Waals surface area contributed by atoms with Crippen molar-refractivity contribution < 1.29 is 14.7 Å². The zero-order chi connectivity index (χ0) is 15.4. The molecule has 114 valence electrons. The van der Waals surface area contributed by atoms with Gasteiger partial charge in [-0.3, -0.25) is 14.5 Å². The SMILES string of the molecule is CC(NC(=O)CN1CCC(C(=O)O)C1)c1ccccc1Cl. The lowest BCUT2D eigenvalue weighted by atomic mass is 10.1. The maximum absolute atomic E-state index is 12.0. The molecule has 2 unspecified atom stereocenters. The van der Waals surface area contributed by atoms with Gasteiger partial charge in [0, 0.05) is 11.6 Å². The van der Waals surface area contributed by atoms with Crippen LogP contribution in [0.4, 0.5) is 0 Å². The van der Waals surface area contributed by atoms with Gasteiger partial charge in [0.15, 0.2) is 0 Å². The summed E-state index contributed by atoms with van der Waals surface area (Å²) >= 11 is 6.10. The zero-order valence-corrected chi connectivity index (χ0v) is 12.6. The molecule has 0 aromatic heterocycles. The Balaban J connectivity index is 1.85. The Morgan fingerprint density at radius 1 is 1.48 bits per heavy atom. The highest BCUT2D eigenvalue weighted by atomic mass is 35.5. The summed E-state index contributed by atoms with van der Waals surface area (Å²) in [6.45, 7) is 3.18. The lowest BCUT2D eigenvalue weighted by molar-refractivity contribution is -0.141. The number of carbonyl (C=O) groups is 2. The standard InChI is InChI=1S/C15H19ClN2O3/c1-10(12-4-2-3-5-13(12)16)17-14(19)9-18-7-6-11(8-18)15(20)21/h2-5,10-11H,6-9H2,1H3,(H,17,19)(H,20,21). The molecule has 1 aromatic carbocycles. The largest absolute Gasteiger partial charge is 0.481 e. The second kappa shape index (κ2) is 6.91. The topological polar surface area (TPSA) is 69.6 Å². The number of carbonyl (C=O) groups excluding carboxylic acids is 1. The van der Waals surface area contributed by atoms with Crippen molar-refractivity contribution in [3.63, 3.8) is 0 Å². The third-order valence-electron chi connectivity index (χ3n) is 3.74. The number of rotatable bonds is 5. The summed E-state index contributed by atoms with van der Waals surface area (Å²) in [6, 6.07) is 7.21. The van der Waals surface area contributed by atoms with Gasteiger partial charge in [0.05, 0.1) is 18.5 Å². The number of likely N-dealkylation sites (tertiary alicyclic amines) is 1. The minimum absolute atomic E-state index is 0.117. The van der Waals surface area contributed by atoms with Crippen LogP contribution in [0.5, 0.6) is 0 Å². The third-order valence-corrected chi connectivity index (χ3v) is 4.08. The van der Waals surface area contributed by atoms with Crippen molar-refractivity contribution in [2.45, 2.75) is 19.4 Å². The quantitative estimate of drug-likeness (QED) is 0.872. The first-order valence-electron chi connectivity index (χ1n) is 6.96. The van der Waals surface area contributed by atoms with Crippen LogP contribution in [0.1, 0.15) is 24.9 Å². The van der Waals surface area contributed by atoms with Crippen LogP contribution in [-0.4, -0.2) is 41.5 Å². The van der Waals surface area contributed by atoms with Crippen LogP contribution in [0, 0.1) is 5.92 Å². The number of aliphatic carboxylic acids is 1. The number of benzene rings is 1. The molecule has 1 amide bonds. The molecule has 5 nitrogen and oxygen atoms in total. The summed E-state index contributed by atoms with van der Waals surface area (Å²) in [5.74, 6) is -1.27. The summed E-state index contributed by atoms with van der Waals surface area (Å²) in [5, 5.41) is 12.5. The maximum Gasteiger partial charge on any atom is 0.307 e. The molecule has 21 heavy (non-hydrogen) atoms. The van der Waals surface area contributed by atoms with Crippen LogP contribution in [0.25, 0.3) is 0 Å². The van der Waals surface area contributed by atoms with Gasteiger partial charge < -0.3 is 10.4 Å². The van der Waals surface area contributed by atoms with Gasteiger partial charge in [-0.1, -0.05) is 29.8 Å². The Bertz CT molecular complexity index is 535. The third kappa shape index (κ3) is 4.19. The molecule has 2 rings (SSSR count). The molecule has 1 fully saturated rings. The number of halogens is 1. The summed E-state index contributed by atoms with van der Waals surface area (Å²) in [4.78, 5) is 24.8. The Labute approximate surface area is 128 Å². The van der Waals surface area contributed by atoms with Gasteiger partial charge in [0.2, 0.25) is 5.91 Å². The fourth-order valence-electron chi connectivity index (χ4n) is 2.57. The van der Waals surface area contributed by atoms with Crippen LogP contribution in [0.3, 0.4) is 0 Å². The number of nitrogens with zero attached hydrogens (tertiary/aromatic N) is 1. The molecule has 0 radical (unpaired) electrons. The van der Waals surface area contributed by atoms with E-state index in [1.165, 1.54) is 0 Å². The molecule has 0 aliphatic carbocycles. The van der Waals surface area contributed by atoms with E-state index in [9.17, 15) is 9.59 Å². The summed E-state index contributed by atoms with van der Waals surface area (Å²) in [5.41, 5.74) is 0.873. The highest BCUT2D eigenvalue weighted by molar-refractivity contribution is 6.31. The highest BCUT2D eigenvalue weighted by Gasteiger charge is 2.29. The van der Waals surface area contributed by atoms with Crippen LogP contribution >= 0.6 is 11.6 Å². The Morgan fingerprint density at radius 2 is 2.19 bits per heavy atom. The number of hydrogen-bond donors (Lipinski definition) is 2. The molecule has 1 saturated heterocycles. The van der Waals surface area contributed by atoms with E-state index in [0.717, 1.165) is 5.56 Å². The van der Waals surface area contributed by atoms with Gasteiger partial charge >= 0.3 is 5.97 Å². The van der Waals surface area contributed by atoms with Crippen molar-refractivity contribution in [3.05, 3.63) is 34.9 Å². The van der Waals surface area contributed by atoms with Crippen LogP contribution in [0.2, 0.25) is 5.02 Å². The number of hydrogen-bond acceptors (Lipinski definition) is 3. The second-order valence-corrected chi connectivity index (χ2v) is 5.78. The monoisotopic (exact) mass is 310 g/mol. The lowest BCUT2D eigenvalue weighted by Gasteiger charge is -2.19. The lowest BCUT2D eigenvalue weighted by Crippen LogP contribution is -2.37. The molecule has 1 heterocycles. The molecule has 2 N–H and O–H groups in total. The second-order valence-electron chi connectivity index (χ2n) is 5.37. The zero-order valence-electron chi connectivity index (χ0n) is 11.9. The van der Waals surface area contributed by atoms with E-state index in [2.05, 4.69) is 5.32 Å². The van der Waals surface area contributed by atoms with Gasteiger partial charge in [-0.2, -0.15) is 0 Å². The first-order chi connectivity index (χ1) is 9.97. The van der Waals surface area contributed by atoms with E-state index < -0.39 is 5.97 Å². The van der Waals surface area contributed by atoms with Gasteiger partial charge in [-0.15, -0.1) is 0 Å². The van der Waals surface area contributed by atoms with Crippen molar-refractivity contribution >= 4 is 23.5 Å². The van der Waals surface area contributed by atoms with E-state index in [4.69, 9.17) is 16.7 Å². The van der Waals surface area contributed by atoms with Gasteiger partial charge in [-0.05, 0) is 31.5 Å². The van der Waals surface area contributed by atoms with Gasteiger partial charge in [0.1, 0.15) is 0 Å². The molecule has 0 saturated carbocycles. The molecule has 1 aliphatic rings. The van der Waals surface area contributed by atoms with Crippen LogP contribution in [0.15, 0.2) is 24.3 Å². The Morgan fingerprint density at radius 3 is 2.81 bits per heavy atom. The summed E-state index contributed by atoms with van der Waals surface area (Å²) < 4.78 is 0. The summed E-state index contributed by atoms with van der Waals surface area (Å²) in [6.07, 6.45) is 0.600. The molecular weight excluding hydrogens is 292 g/mol. The van der Waals surface area contributed by atoms with Crippen LogP contribution in [-0.2, 0) is 9.59 Å². The predicted octanol–water partition coefficient (Wildman–Crippen LogP) is 1.92. The molecule has 2 atom stereocenters. The number of carboxylic acid groups (broad SMARTS) is 1. The molecule has 6 heteroatoms. The van der Waals surface area contributed by atoms with Crippen LogP contribution < -0.4 is 5.32 Å². The molecule has 1 aliphatic heterocycles. The molecule has 0 bridgehead atoms. The van der Waals surface area contributed by atoms with Crippen molar-refractivity contribution in [2.75, 3.05) is 19.6 Å². The van der Waals surface area contributed by atoms with E-state index in [1.54, 1.807) is 6.07 Å². The smallest absolute Gasteiger partial charge is 0.307 e. The Hall–Kier alpha value is -1.59. The first kappa shape index (κ1) is 15.8. The predicted molar refractivity (Wildman–Crippen MR) is 80.2 cm³/mol. The normalized spacial score (nSPS) is 20.2. The van der Waals surface area contributed by atoms with Crippen molar-refractivity contribution in [3.8, 4) is 0 Å². The van der Waals surface area contributed by atoms with Crippen molar-refractivity contribution in [1.29, 1.82) is 0 Å². The number of nitrogens with one attached hydrogen (secondary N) is 1. The first-order valence-corrected chi connectivity index (χ1v) is 7.34. The summed E-state index contributed by atoms with van der Waals surface area (Å²) in [7, 11) is 0. The van der Waals surface area contributed by atoms with E-state index in [1.807, 2.05) is 30.0 Å². The van der Waals surface area contributed by atoms with Crippen molar-refractivity contribution in [1.82, 2.24) is 10.2 Å². The van der Waals surface area contributed by atoms with Gasteiger partial charge in [-0.25, -0.2) is 0 Å². The van der Waals surface area contributed by atoms with Gasteiger partial charge in [0.25, 0.3) is 0 Å². The Kier molecular flexibility index (Phi) is 5.20. The average Bonchev–Trinajstić information content (AvgIpc) is 2.87. The molecule has 0 spiro atoms. The molecule has 1 aromatic rings. The molecular formula is C15H19ClN2O3. The van der Waals surface area contributed by atoms with Crippen molar-refractivity contribution in [2.24, 2.45) is 5.92 Å². The maximum atomic E-state index is 12.0.